The van der Waals surface area contributed by atoms with Crippen molar-refractivity contribution in [1.29, 1.82) is 0 Å². The molecule has 0 unspecified atom stereocenters. The maximum Gasteiger partial charge on any atom is 0.0172 e. The number of nitrogens with one attached hydrogen (secondary N) is 1. The van der Waals surface area contributed by atoms with E-state index in [4.69, 9.17) is 0 Å². The molecule has 0 aromatic heterocycles. The molecule has 62 valence electrons. The number of rotatable bonds is 4. The molecule has 1 nitrogen and oxygen atoms in total. The highest BCUT2D eigenvalue weighted by Crippen LogP contribution is 2.06. The van der Waals surface area contributed by atoms with E-state index in [0.717, 1.165) is 10.9 Å². The Balaban J connectivity index is 3.80. The molecule has 0 rings (SSSR count). The van der Waals surface area contributed by atoms with Crippen LogP contribution in [0.2, 0.25) is 0 Å². The van der Waals surface area contributed by atoms with E-state index in [1.54, 1.807) is 0 Å². The summed E-state index contributed by atoms with van der Waals surface area (Å²) in [6.07, 6.45) is 11.0. The van der Waals surface area contributed by atoms with Crippen molar-refractivity contribution in [2.75, 3.05) is 7.05 Å². The minimum absolute atomic E-state index is 1.07. The highest BCUT2D eigenvalue weighted by Gasteiger charge is 1.77. The molecule has 1 N–H and O–H groups in total. The lowest BCUT2D eigenvalue weighted by Gasteiger charge is -1.85. The van der Waals surface area contributed by atoms with Gasteiger partial charge in [-0.2, -0.15) is 0 Å². The standard InChI is InChI=1S/C9H14BrN/c1-3-4-6-9(10)7-5-8-11-2/h4-8,11H,3H2,1-2H3/b6-4+,8-5+,9-7+. The van der Waals surface area contributed by atoms with E-state index in [2.05, 4.69) is 34.2 Å². The second-order valence-corrected chi connectivity index (χ2v) is 2.93. The molecule has 0 fully saturated rings. The van der Waals surface area contributed by atoms with Crippen LogP contribution < -0.4 is 5.32 Å². The molecule has 0 aromatic rings. The summed E-state index contributed by atoms with van der Waals surface area (Å²) in [5, 5.41) is 2.91. The predicted octanol–water partition coefficient (Wildman–Crippen LogP) is 2.96. The number of allylic oxidation sites excluding steroid dienone is 5. The monoisotopic (exact) mass is 215 g/mol. The molecule has 0 atom stereocenters. The lowest BCUT2D eigenvalue weighted by molar-refractivity contribution is 1.10. The van der Waals surface area contributed by atoms with E-state index >= 15 is 0 Å². The summed E-state index contributed by atoms with van der Waals surface area (Å²) in [6, 6.07) is 0. The van der Waals surface area contributed by atoms with Gasteiger partial charge >= 0.3 is 0 Å². The SMILES string of the molecule is CC/C=C/C(Br)=C\C=C\NC. The van der Waals surface area contributed by atoms with Gasteiger partial charge in [-0.1, -0.05) is 35.0 Å². The molecule has 0 radical (unpaired) electrons. The highest BCUT2D eigenvalue weighted by atomic mass is 79.9. The molecular weight excluding hydrogens is 202 g/mol. The van der Waals surface area contributed by atoms with Crippen LogP contribution in [0.15, 0.2) is 35.0 Å². The van der Waals surface area contributed by atoms with Crippen molar-refractivity contribution < 1.29 is 0 Å². The van der Waals surface area contributed by atoms with E-state index in [1.165, 1.54) is 0 Å². The van der Waals surface area contributed by atoms with Gasteiger partial charge in [-0.25, -0.2) is 0 Å². The fourth-order valence-electron chi connectivity index (χ4n) is 0.522. The third kappa shape index (κ3) is 7.40. The van der Waals surface area contributed by atoms with E-state index in [9.17, 15) is 0 Å². The first-order valence-corrected chi connectivity index (χ1v) is 4.46. The topological polar surface area (TPSA) is 12.0 Å². The molecule has 0 aliphatic rings. The van der Waals surface area contributed by atoms with Gasteiger partial charge in [-0.3, -0.25) is 0 Å². The van der Waals surface area contributed by atoms with Gasteiger partial charge in [0.05, 0.1) is 0 Å². The molecule has 0 saturated carbocycles. The van der Waals surface area contributed by atoms with Crippen molar-refractivity contribution >= 4 is 15.9 Å². The van der Waals surface area contributed by atoms with Crippen molar-refractivity contribution in [1.82, 2.24) is 5.32 Å². The molecule has 0 aromatic carbocycles. The number of hydrogen-bond acceptors (Lipinski definition) is 1. The molecule has 0 spiro atoms. The lowest BCUT2D eigenvalue weighted by Crippen LogP contribution is -1.89. The van der Waals surface area contributed by atoms with Crippen LogP contribution in [0.3, 0.4) is 0 Å². The molecule has 0 aliphatic heterocycles. The molecule has 0 bridgehead atoms. The Bertz CT molecular complexity index is 168. The minimum atomic E-state index is 1.07. The average molecular weight is 216 g/mol. The van der Waals surface area contributed by atoms with Gasteiger partial charge in [-0.15, -0.1) is 0 Å². The molecule has 0 aliphatic carbocycles. The van der Waals surface area contributed by atoms with Gasteiger partial charge in [-0.05, 0) is 24.8 Å². The van der Waals surface area contributed by atoms with E-state index in [0.29, 0.717) is 0 Å². The van der Waals surface area contributed by atoms with Crippen molar-refractivity contribution in [3.05, 3.63) is 35.0 Å². The summed E-state index contributed by atoms with van der Waals surface area (Å²) in [5.74, 6) is 0. The second kappa shape index (κ2) is 7.61. The molecular formula is C9H14BrN. The molecule has 2 heteroatoms. The van der Waals surface area contributed by atoms with Gasteiger partial charge in [0.15, 0.2) is 0 Å². The summed E-state index contributed by atoms with van der Waals surface area (Å²) < 4.78 is 1.09. The molecule has 0 saturated heterocycles. The Kier molecular flexibility index (Phi) is 7.26. The number of hydrogen-bond donors (Lipinski definition) is 1. The van der Waals surface area contributed by atoms with Crippen LogP contribution in [-0.4, -0.2) is 7.05 Å². The van der Waals surface area contributed by atoms with Crippen LogP contribution in [0.5, 0.6) is 0 Å². The molecule has 11 heavy (non-hydrogen) atoms. The smallest absolute Gasteiger partial charge is 0.0172 e. The minimum Gasteiger partial charge on any atom is -0.394 e. The largest absolute Gasteiger partial charge is 0.394 e. The Labute approximate surface area is 77.0 Å². The third-order valence-electron chi connectivity index (χ3n) is 1.03. The summed E-state index contributed by atoms with van der Waals surface area (Å²) >= 11 is 3.40. The summed E-state index contributed by atoms with van der Waals surface area (Å²) in [5.41, 5.74) is 0. The van der Waals surface area contributed by atoms with Crippen LogP contribution in [0.25, 0.3) is 0 Å². The van der Waals surface area contributed by atoms with E-state index in [1.807, 2.05) is 31.5 Å². The van der Waals surface area contributed by atoms with Crippen molar-refractivity contribution in [2.45, 2.75) is 13.3 Å². The summed E-state index contributed by atoms with van der Waals surface area (Å²) in [7, 11) is 1.88. The molecule has 0 amide bonds. The van der Waals surface area contributed by atoms with Crippen molar-refractivity contribution in [2.24, 2.45) is 0 Å². The average Bonchev–Trinajstić information content (AvgIpc) is 2.01. The fourth-order valence-corrected chi connectivity index (χ4v) is 0.862. The third-order valence-corrected chi connectivity index (χ3v) is 1.56. The fraction of sp³-hybridized carbons (Fsp3) is 0.333. The predicted molar refractivity (Wildman–Crippen MR) is 54.6 cm³/mol. The maximum absolute atomic E-state index is 3.40. The Morgan fingerprint density at radius 2 is 2.27 bits per heavy atom. The first kappa shape index (κ1) is 10.5. The van der Waals surface area contributed by atoms with Gasteiger partial charge in [0.25, 0.3) is 0 Å². The second-order valence-electron chi connectivity index (χ2n) is 2.01. The Morgan fingerprint density at radius 1 is 1.55 bits per heavy atom. The van der Waals surface area contributed by atoms with Crippen LogP contribution in [0.4, 0.5) is 0 Å². The zero-order valence-corrected chi connectivity index (χ0v) is 8.56. The van der Waals surface area contributed by atoms with Gasteiger partial charge in [0, 0.05) is 11.5 Å². The number of halogens is 1. The van der Waals surface area contributed by atoms with Crippen LogP contribution in [-0.2, 0) is 0 Å². The Hall–Kier alpha value is -0.500. The summed E-state index contributed by atoms with van der Waals surface area (Å²) in [4.78, 5) is 0. The molecule has 0 heterocycles. The highest BCUT2D eigenvalue weighted by molar-refractivity contribution is 9.11. The van der Waals surface area contributed by atoms with Gasteiger partial charge in [0.1, 0.15) is 0 Å². The Morgan fingerprint density at radius 3 is 2.82 bits per heavy atom. The first-order valence-electron chi connectivity index (χ1n) is 3.67. The maximum atomic E-state index is 3.40. The first-order chi connectivity index (χ1) is 5.31. The van der Waals surface area contributed by atoms with E-state index < -0.39 is 0 Å². The quantitative estimate of drug-likeness (QED) is 0.712. The van der Waals surface area contributed by atoms with Crippen LogP contribution >= 0.6 is 15.9 Å². The van der Waals surface area contributed by atoms with Crippen LogP contribution in [0.1, 0.15) is 13.3 Å². The lowest BCUT2D eigenvalue weighted by atomic mass is 10.4. The van der Waals surface area contributed by atoms with Crippen molar-refractivity contribution in [3.63, 3.8) is 0 Å². The van der Waals surface area contributed by atoms with E-state index in [-0.39, 0.29) is 0 Å². The van der Waals surface area contributed by atoms with Crippen LogP contribution in [0, 0.1) is 0 Å². The zero-order chi connectivity index (χ0) is 8.53. The normalized spacial score (nSPS) is 13.2. The zero-order valence-electron chi connectivity index (χ0n) is 6.97. The summed E-state index contributed by atoms with van der Waals surface area (Å²) in [6.45, 7) is 2.11. The van der Waals surface area contributed by atoms with Gasteiger partial charge in [0.2, 0.25) is 0 Å². The van der Waals surface area contributed by atoms with Gasteiger partial charge < -0.3 is 5.32 Å². The van der Waals surface area contributed by atoms with Crippen molar-refractivity contribution in [3.8, 4) is 0 Å².